The third-order valence-electron chi connectivity index (χ3n) is 4.70. The fourth-order valence-electron chi connectivity index (χ4n) is 3.21. The monoisotopic (exact) mass is 421 g/mol. The molecule has 10 heteroatoms. The molecule has 0 bridgehead atoms. The average molecular weight is 421 g/mol. The minimum absolute atomic E-state index is 0.0562. The summed E-state index contributed by atoms with van der Waals surface area (Å²) in [5, 5.41) is 13.1. The Morgan fingerprint density at radius 3 is 2.55 bits per heavy atom. The number of hydrogen-bond acceptors (Lipinski definition) is 5. The largest absolute Gasteiger partial charge is 0.326 e. The minimum Gasteiger partial charge on any atom is -0.326 e. The van der Waals surface area contributed by atoms with Crippen molar-refractivity contribution in [3.63, 3.8) is 0 Å². The number of nitrogens with one attached hydrogen (secondary N) is 2. The van der Waals surface area contributed by atoms with Crippen LogP contribution in [0.15, 0.2) is 41.3 Å². The minimum atomic E-state index is -3.75. The van der Waals surface area contributed by atoms with E-state index >= 15 is 0 Å². The summed E-state index contributed by atoms with van der Waals surface area (Å²) in [6.07, 6.45) is 3.75. The maximum absolute atomic E-state index is 13.3. The molecule has 154 valence electrons. The number of aryl methyl sites for hydroxylation is 2. The summed E-state index contributed by atoms with van der Waals surface area (Å²) in [7, 11) is -3.75. The number of benzene rings is 2. The van der Waals surface area contributed by atoms with E-state index in [9.17, 15) is 27.7 Å². The van der Waals surface area contributed by atoms with Crippen LogP contribution in [0.25, 0.3) is 0 Å². The lowest BCUT2D eigenvalue weighted by Crippen LogP contribution is -2.28. The molecular weight excluding hydrogens is 401 g/mol. The summed E-state index contributed by atoms with van der Waals surface area (Å²) in [5.74, 6) is -1.56. The fraction of sp³-hybridized carbons (Fsp3) is 0.316. The molecule has 1 aliphatic rings. The van der Waals surface area contributed by atoms with Crippen LogP contribution >= 0.6 is 0 Å². The van der Waals surface area contributed by atoms with Gasteiger partial charge >= 0.3 is 5.69 Å². The van der Waals surface area contributed by atoms with Crippen molar-refractivity contribution >= 4 is 27.3 Å². The Balaban J connectivity index is 1.57. The van der Waals surface area contributed by atoms with Gasteiger partial charge in [-0.15, -0.1) is 0 Å². The standard InChI is InChI=1S/C19H20FN3O5S/c20-17-8-6-15(12-18(17)23(25)26)22-19(24)9-10-21-29(27,28)16-7-5-13-3-1-2-4-14(13)11-16/h5-8,11-12,21H,1-4,9-10H2,(H,22,24). The molecule has 0 aromatic heterocycles. The van der Waals surface area contributed by atoms with Crippen LogP contribution in [0, 0.1) is 15.9 Å². The second-order valence-corrected chi connectivity index (χ2v) is 8.52. The fourth-order valence-corrected chi connectivity index (χ4v) is 4.30. The van der Waals surface area contributed by atoms with E-state index in [0.717, 1.165) is 43.4 Å². The molecule has 0 aliphatic heterocycles. The van der Waals surface area contributed by atoms with E-state index in [2.05, 4.69) is 10.0 Å². The first-order valence-electron chi connectivity index (χ1n) is 9.11. The molecule has 1 amide bonds. The lowest BCUT2D eigenvalue weighted by molar-refractivity contribution is -0.387. The van der Waals surface area contributed by atoms with Crippen LogP contribution in [0.2, 0.25) is 0 Å². The van der Waals surface area contributed by atoms with Gasteiger partial charge < -0.3 is 5.32 Å². The Hall–Kier alpha value is -2.85. The molecule has 0 saturated heterocycles. The molecule has 8 nitrogen and oxygen atoms in total. The number of nitrogens with zero attached hydrogens (tertiary/aromatic N) is 1. The Kier molecular flexibility index (Phi) is 6.23. The first-order valence-corrected chi connectivity index (χ1v) is 10.6. The number of nitro groups is 1. The number of rotatable bonds is 7. The van der Waals surface area contributed by atoms with Crippen molar-refractivity contribution in [3.8, 4) is 0 Å². The smallest absolute Gasteiger partial charge is 0.306 e. The van der Waals surface area contributed by atoms with Gasteiger partial charge in [0.2, 0.25) is 21.7 Å². The van der Waals surface area contributed by atoms with Crippen LogP contribution in [0.4, 0.5) is 15.8 Å². The van der Waals surface area contributed by atoms with Gasteiger partial charge in [-0.1, -0.05) is 6.07 Å². The topological polar surface area (TPSA) is 118 Å². The normalized spacial score (nSPS) is 13.6. The molecule has 0 fully saturated rings. The predicted molar refractivity (Wildman–Crippen MR) is 105 cm³/mol. The molecule has 0 atom stereocenters. The molecule has 0 unspecified atom stereocenters. The maximum atomic E-state index is 13.3. The van der Waals surface area contributed by atoms with Gasteiger partial charge in [-0.05, 0) is 61.1 Å². The summed E-state index contributed by atoms with van der Waals surface area (Å²) in [6, 6.07) is 8.05. The third-order valence-corrected chi connectivity index (χ3v) is 6.16. The number of halogens is 1. The van der Waals surface area contributed by atoms with Crippen LogP contribution < -0.4 is 10.0 Å². The van der Waals surface area contributed by atoms with Crippen LogP contribution in [-0.2, 0) is 27.7 Å². The number of carbonyl (C=O) groups excluding carboxylic acids is 1. The summed E-state index contributed by atoms with van der Waals surface area (Å²) < 4.78 is 40.6. The summed E-state index contributed by atoms with van der Waals surface area (Å²) in [4.78, 5) is 22.0. The van der Waals surface area contributed by atoms with Crippen molar-refractivity contribution in [2.45, 2.75) is 37.0 Å². The number of fused-ring (bicyclic) bond motifs is 1. The van der Waals surface area contributed by atoms with Crippen molar-refractivity contribution in [2.75, 3.05) is 11.9 Å². The first-order chi connectivity index (χ1) is 13.8. The van der Waals surface area contributed by atoms with Gasteiger partial charge in [0, 0.05) is 24.7 Å². The second kappa shape index (κ2) is 8.66. The molecule has 29 heavy (non-hydrogen) atoms. The number of amides is 1. The Labute approximate surface area is 167 Å². The molecule has 3 rings (SSSR count). The highest BCUT2D eigenvalue weighted by molar-refractivity contribution is 7.89. The van der Waals surface area contributed by atoms with E-state index in [0.29, 0.717) is 0 Å². The predicted octanol–water partition coefficient (Wildman–Crippen LogP) is 2.92. The van der Waals surface area contributed by atoms with Crippen molar-refractivity contribution in [1.82, 2.24) is 4.72 Å². The van der Waals surface area contributed by atoms with E-state index in [-0.39, 0.29) is 23.5 Å². The maximum Gasteiger partial charge on any atom is 0.306 e. The quantitative estimate of drug-likeness (QED) is 0.526. The third kappa shape index (κ3) is 5.15. The number of sulfonamides is 1. The van der Waals surface area contributed by atoms with Gasteiger partial charge in [0.15, 0.2) is 0 Å². The average Bonchev–Trinajstić information content (AvgIpc) is 2.68. The first kappa shape index (κ1) is 20.9. The zero-order valence-electron chi connectivity index (χ0n) is 15.5. The van der Waals surface area contributed by atoms with E-state index < -0.39 is 32.4 Å². The van der Waals surface area contributed by atoms with Crippen LogP contribution in [-0.4, -0.2) is 25.8 Å². The number of hydrogen-bond donors (Lipinski definition) is 2. The summed E-state index contributed by atoms with van der Waals surface area (Å²) >= 11 is 0. The zero-order valence-corrected chi connectivity index (χ0v) is 16.3. The highest BCUT2D eigenvalue weighted by Crippen LogP contribution is 2.24. The van der Waals surface area contributed by atoms with Crippen molar-refractivity contribution in [1.29, 1.82) is 0 Å². The van der Waals surface area contributed by atoms with E-state index in [1.165, 1.54) is 11.6 Å². The zero-order chi connectivity index (χ0) is 21.0. The van der Waals surface area contributed by atoms with Gasteiger partial charge in [-0.3, -0.25) is 14.9 Å². The van der Waals surface area contributed by atoms with Crippen molar-refractivity contribution in [2.24, 2.45) is 0 Å². The van der Waals surface area contributed by atoms with Gasteiger partial charge in [-0.2, -0.15) is 4.39 Å². The van der Waals surface area contributed by atoms with Crippen molar-refractivity contribution in [3.05, 3.63) is 63.5 Å². The van der Waals surface area contributed by atoms with Crippen LogP contribution in [0.1, 0.15) is 30.4 Å². The van der Waals surface area contributed by atoms with Gasteiger partial charge in [0.05, 0.1) is 9.82 Å². The molecule has 2 aromatic rings. The molecule has 0 heterocycles. The van der Waals surface area contributed by atoms with Crippen LogP contribution in [0.5, 0.6) is 0 Å². The lowest BCUT2D eigenvalue weighted by atomic mass is 9.92. The van der Waals surface area contributed by atoms with Gasteiger partial charge in [0.1, 0.15) is 0 Å². The van der Waals surface area contributed by atoms with Gasteiger partial charge in [0.25, 0.3) is 0 Å². The molecule has 2 aromatic carbocycles. The Morgan fingerprint density at radius 1 is 1.10 bits per heavy atom. The summed E-state index contributed by atoms with van der Waals surface area (Å²) in [5.41, 5.74) is 1.51. The lowest BCUT2D eigenvalue weighted by Gasteiger charge is -2.16. The molecule has 0 saturated carbocycles. The SMILES string of the molecule is O=C(CCNS(=O)(=O)c1ccc2c(c1)CCCC2)Nc1ccc(F)c([N+](=O)[O-])c1. The Bertz CT molecular complexity index is 1060. The molecule has 0 radical (unpaired) electrons. The molecule has 0 spiro atoms. The van der Waals surface area contributed by atoms with E-state index in [1.807, 2.05) is 6.07 Å². The highest BCUT2D eigenvalue weighted by Gasteiger charge is 2.18. The molecule has 1 aliphatic carbocycles. The van der Waals surface area contributed by atoms with Crippen molar-refractivity contribution < 1.29 is 22.5 Å². The number of anilines is 1. The van der Waals surface area contributed by atoms with E-state index in [1.54, 1.807) is 12.1 Å². The summed E-state index contributed by atoms with van der Waals surface area (Å²) in [6.45, 7) is -0.144. The number of carbonyl (C=O) groups is 1. The highest BCUT2D eigenvalue weighted by atomic mass is 32.2. The second-order valence-electron chi connectivity index (χ2n) is 6.76. The number of nitro benzene ring substituents is 1. The van der Waals surface area contributed by atoms with Crippen LogP contribution in [0.3, 0.4) is 0 Å². The van der Waals surface area contributed by atoms with Gasteiger partial charge in [-0.25, -0.2) is 13.1 Å². The molecular formula is C19H20FN3O5S. The van der Waals surface area contributed by atoms with E-state index in [4.69, 9.17) is 0 Å². The molecule has 2 N–H and O–H groups in total. The Morgan fingerprint density at radius 2 is 1.83 bits per heavy atom.